The highest BCUT2D eigenvalue weighted by molar-refractivity contribution is 5.79. The minimum absolute atomic E-state index is 0.234. The van der Waals surface area contributed by atoms with Crippen molar-refractivity contribution in [2.24, 2.45) is 0 Å². The summed E-state index contributed by atoms with van der Waals surface area (Å²) < 4.78 is 13.3. The Morgan fingerprint density at radius 1 is 1.06 bits per heavy atom. The molecule has 0 spiro atoms. The lowest BCUT2D eigenvalue weighted by molar-refractivity contribution is 0.432. The Kier molecular flexibility index (Phi) is 2.23. The van der Waals surface area contributed by atoms with E-state index in [9.17, 15) is 4.39 Å². The van der Waals surface area contributed by atoms with E-state index in [2.05, 4.69) is 5.43 Å². The van der Waals surface area contributed by atoms with E-state index in [0.717, 1.165) is 17.1 Å². The van der Waals surface area contributed by atoms with Gasteiger partial charge in [-0.25, -0.2) is 4.39 Å². The molecule has 1 heterocycles. The van der Waals surface area contributed by atoms with Gasteiger partial charge < -0.3 is 0 Å². The van der Waals surface area contributed by atoms with Crippen LogP contribution in [0.1, 0.15) is 0 Å². The molecule has 0 amide bonds. The Morgan fingerprint density at radius 3 is 2.59 bits per heavy atom. The summed E-state index contributed by atoms with van der Waals surface area (Å²) >= 11 is 0. The van der Waals surface area contributed by atoms with E-state index in [1.807, 2.05) is 47.5 Å². The lowest BCUT2D eigenvalue weighted by atomic mass is 10.2. The lowest BCUT2D eigenvalue weighted by Gasteiger charge is -2.25. The van der Waals surface area contributed by atoms with Crippen LogP contribution in [0.25, 0.3) is 0 Å². The molecular weight excluding hydrogens is 217 g/mol. The van der Waals surface area contributed by atoms with Gasteiger partial charge in [-0.2, -0.15) is 0 Å². The number of hydrazine groups is 2. The molecule has 0 aliphatic carbocycles. The predicted molar refractivity (Wildman–Crippen MR) is 66.4 cm³/mol. The van der Waals surface area contributed by atoms with E-state index in [1.54, 1.807) is 6.07 Å². The molecule has 0 atom stereocenters. The maximum atomic E-state index is 13.3. The third-order valence-electron chi connectivity index (χ3n) is 2.77. The first-order chi connectivity index (χ1) is 8.25. The minimum atomic E-state index is -0.234. The van der Waals surface area contributed by atoms with Gasteiger partial charge in [0.1, 0.15) is 5.82 Å². The van der Waals surface area contributed by atoms with Gasteiger partial charge in [0.25, 0.3) is 0 Å². The summed E-state index contributed by atoms with van der Waals surface area (Å²) in [5.74, 6) is -0.234. The highest BCUT2D eigenvalue weighted by Gasteiger charge is 2.25. The van der Waals surface area contributed by atoms with Crippen LogP contribution in [0, 0.1) is 5.82 Å². The summed E-state index contributed by atoms with van der Waals surface area (Å²) in [6, 6.07) is 14.6. The number of hydrogen-bond acceptors (Lipinski definition) is 3. The molecule has 0 fully saturated rings. The third kappa shape index (κ3) is 1.62. The van der Waals surface area contributed by atoms with Gasteiger partial charge in [-0.3, -0.25) is 10.4 Å². The first-order valence-corrected chi connectivity index (χ1v) is 5.41. The third-order valence-corrected chi connectivity index (χ3v) is 2.77. The lowest BCUT2D eigenvalue weighted by Crippen LogP contribution is -2.34. The number of hydrogen-bond donors (Lipinski definition) is 1. The topological polar surface area (TPSA) is 18.5 Å². The molecule has 4 heteroatoms. The summed E-state index contributed by atoms with van der Waals surface area (Å²) in [4.78, 5) is 0. The Labute approximate surface area is 99.0 Å². The van der Waals surface area contributed by atoms with Crippen LogP contribution in [0.4, 0.5) is 21.5 Å². The molecule has 17 heavy (non-hydrogen) atoms. The van der Waals surface area contributed by atoms with Gasteiger partial charge in [0.2, 0.25) is 0 Å². The fourth-order valence-corrected chi connectivity index (χ4v) is 2.04. The summed E-state index contributed by atoms with van der Waals surface area (Å²) in [6.07, 6.45) is 0. The number of para-hydroxylation sites is 1. The van der Waals surface area contributed by atoms with Crippen molar-refractivity contribution in [1.82, 2.24) is 5.12 Å². The molecule has 3 rings (SSSR count). The fraction of sp³-hybridized carbons (Fsp3) is 0.0769. The first-order valence-electron chi connectivity index (χ1n) is 5.41. The van der Waals surface area contributed by atoms with Gasteiger partial charge in [-0.15, -0.1) is 5.12 Å². The van der Waals surface area contributed by atoms with Crippen LogP contribution in [0.3, 0.4) is 0 Å². The van der Waals surface area contributed by atoms with E-state index in [4.69, 9.17) is 0 Å². The van der Waals surface area contributed by atoms with Gasteiger partial charge in [-0.05, 0) is 24.3 Å². The monoisotopic (exact) mass is 229 g/mol. The Balaban J connectivity index is 2.11. The van der Waals surface area contributed by atoms with Crippen molar-refractivity contribution in [2.75, 3.05) is 17.5 Å². The zero-order valence-corrected chi connectivity index (χ0v) is 9.39. The van der Waals surface area contributed by atoms with E-state index < -0.39 is 0 Å². The van der Waals surface area contributed by atoms with Gasteiger partial charge in [0, 0.05) is 13.1 Å². The first kappa shape index (κ1) is 10.1. The highest BCUT2D eigenvalue weighted by Crippen LogP contribution is 2.38. The molecule has 0 unspecified atom stereocenters. The summed E-state index contributed by atoms with van der Waals surface area (Å²) in [5, 5.41) is 3.76. The van der Waals surface area contributed by atoms with E-state index >= 15 is 0 Å². The van der Waals surface area contributed by atoms with Crippen molar-refractivity contribution in [3.63, 3.8) is 0 Å². The molecule has 2 aromatic rings. The summed E-state index contributed by atoms with van der Waals surface area (Å²) in [5.41, 5.74) is 5.88. The quantitative estimate of drug-likeness (QED) is 0.810. The Hall–Kier alpha value is -2.07. The predicted octanol–water partition coefficient (Wildman–Crippen LogP) is 3.15. The van der Waals surface area contributed by atoms with E-state index in [0.29, 0.717) is 0 Å². The maximum Gasteiger partial charge on any atom is 0.125 e. The Bertz CT molecular complexity index is 542. The molecule has 1 N–H and O–H groups in total. The molecule has 1 aliphatic rings. The number of nitrogens with one attached hydrogen (secondary N) is 1. The SMILES string of the molecule is CN1Nc2ccc(F)cc2N1c1ccccc1. The summed E-state index contributed by atoms with van der Waals surface area (Å²) in [7, 11) is 1.89. The molecular formula is C13H12FN3. The van der Waals surface area contributed by atoms with Crippen LogP contribution in [-0.4, -0.2) is 12.2 Å². The average molecular weight is 229 g/mol. The van der Waals surface area contributed by atoms with Crippen molar-refractivity contribution in [2.45, 2.75) is 0 Å². The molecule has 86 valence electrons. The smallest absolute Gasteiger partial charge is 0.125 e. The van der Waals surface area contributed by atoms with Crippen LogP contribution >= 0.6 is 0 Å². The number of rotatable bonds is 1. The second kappa shape index (κ2) is 3.75. The van der Waals surface area contributed by atoms with Gasteiger partial charge in [0.05, 0.1) is 17.1 Å². The number of anilines is 3. The van der Waals surface area contributed by atoms with Gasteiger partial charge in [-0.1, -0.05) is 18.2 Å². The van der Waals surface area contributed by atoms with Crippen molar-refractivity contribution < 1.29 is 4.39 Å². The average Bonchev–Trinajstić information content (AvgIpc) is 2.65. The van der Waals surface area contributed by atoms with Gasteiger partial charge >= 0.3 is 0 Å². The second-order valence-corrected chi connectivity index (χ2v) is 3.94. The van der Waals surface area contributed by atoms with Crippen molar-refractivity contribution >= 4 is 17.1 Å². The zero-order chi connectivity index (χ0) is 11.8. The zero-order valence-electron chi connectivity index (χ0n) is 9.39. The van der Waals surface area contributed by atoms with E-state index in [-0.39, 0.29) is 5.82 Å². The van der Waals surface area contributed by atoms with Gasteiger partial charge in [0.15, 0.2) is 0 Å². The van der Waals surface area contributed by atoms with Crippen LogP contribution in [0.2, 0.25) is 0 Å². The van der Waals surface area contributed by atoms with Crippen molar-refractivity contribution in [1.29, 1.82) is 0 Å². The Morgan fingerprint density at radius 2 is 1.82 bits per heavy atom. The van der Waals surface area contributed by atoms with Crippen LogP contribution in [-0.2, 0) is 0 Å². The largest absolute Gasteiger partial charge is 0.299 e. The molecule has 0 radical (unpaired) electrons. The molecule has 3 nitrogen and oxygen atoms in total. The summed E-state index contributed by atoms with van der Waals surface area (Å²) in [6.45, 7) is 0. The second-order valence-electron chi connectivity index (χ2n) is 3.94. The molecule has 2 aromatic carbocycles. The maximum absolute atomic E-state index is 13.3. The molecule has 1 aliphatic heterocycles. The normalized spacial score (nSPS) is 14.6. The molecule has 0 bridgehead atoms. The minimum Gasteiger partial charge on any atom is -0.299 e. The van der Waals surface area contributed by atoms with Crippen LogP contribution in [0.5, 0.6) is 0 Å². The number of benzene rings is 2. The van der Waals surface area contributed by atoms with Crippen molar-refractivity contribution in [3.8, 4) is 0 Å². The molecule has 0 saturated heterocycles. The molecule has 0 aromatic heterocycles. The highest BCUT2D eigenvalue weighted by atomic mass is 19.1. The standard InChI is InChI=1S/C13H12FN3/c1-16-15-12-8-7-10(14)9-13(12)17(16)11-5-3-2-4-6-11/h2-9,15H,1H3. The number of fused-ring (bicyclic) bond motifs is 1. The number of halogens is 1. The van der Waals surface area contributed by atoms with Crippen molar-refractivity contribution in [3.05, 3.63) is 54.3 Å². The number of nitrogens with zero attached hydrogens (tertiary/aromatic N) is 2. The fourth-order valence-electron chi connectivity index (χ4n) is 2.04. The molecule has 0 saturated carbocycles. The van der Waals surface area contributed by atoms with Crippen LogP contribution in [0.15, 0.2) is 48.5 Å². The van der Waals surface area contributed by atoms with E-state index in [1.165, 1.54) is 12.1 Å². The van der Waals surface area contributed by atoms with Crippen LogP contribution < -0.4 is 10.4 Å².